The number of fused-ring (bicyclic) bond motifs is 3. The van der Waals surface area contributed by atoms with E-state index < -0.39 is 54.0 Å². The largest absolute Gasteiger partial charge is 0.456 e. The van der Waals surface area contributed by atoms with Gasteiger partial charge in [0, 0.05) is 38.9 Å². The number of hydrogen-bond acceptors (Lipinski definition) is 11. The third kappa shape index (κ3) is 7.48. The minimum Gasteiger partial charge on any atom is -0.456 e. The maximum atomic E-state index is 13.3. The summed E-state index contributed by atoms with van der Waals surface area (Å²) in [5, 5.41) is 20.8. The molecule has 10 atom stereocenters. The van der Waals surface area contributed by atoms with Crippen LogP contribution in [0.2, 0.25) is 0 Å². The summed E-state index contributed by atoms with van der Waals surface area (Å²) in [5.74, 6) is -1.90. The van der Waals surface area contributed by atoms with Crippen molar-refractivity contribution in [2.45, 2.75) is 89.6 Å². The lowest BCUT2D eigenvalue weighted by Crippen LogP contribution is -2.55. The van der Waals surface area contributed by atoms with Crippen molar-refractivity contribution >= 4 is 18.0 Å². The Morgan fingerprint density at radius 2 is 2.00 bits per heavy atom. The van der Waals surface area contributed by atoms with Crippen molar-refractivity contribution in [2.24, 2.45) is 30.7 Å². The molecule has 0 spiro atoms. The van der Waals surface area contributed by atoms with Crippen LogP contribution in [0.15, 0.2) is 54.1 Å². The Hall–Kier alpha value is -3.13. The number of imidazole rings is 1. The van der Waals surface area contributed by atoms with Gasteiger partial charge in [0.05, 0.1) is 25.2 Å². The van der Waals surface area contributed by atoms with Gasteiger partial charge in [0.1, 0.15) is 23.9 Å². The number of nitrogens with zero attached hydrogens (tertiary/aromatic N) is 2. The lowest BCUT2D eigenvalue weighted by Gasteiger charge is -2.41. The van der Waals surface area contributed by atoms with Crippen molar-refractivity contribution in [1.82, 2.24) is 9.55 Å². The Bertz CT molecular complexity index is 1430. The van der Waals surface area contributed by atoms with Crippen molar-refractivity contribution < 1.29 is 48.2 Å². The Balaban J connectivity index is 1.49. The molecule has 0 aromatic carbocycles. The van der Waals surface area contributed by atoms with Gasteiger partial charge in [-0.3, -0.25) is 4.79 Å². The predicted molar refractivity (Wildman–Crippen MR) is 170 cm³/mol. The van der Waals surface area contributed by atoms with E-state index in [0.717, 1.165) is 6.42 Å². The molecular weight excluding hydrogens is 608 g/mol. The zero-order valence-corrected chi connectivity index (χ0v) is 28.2. The number of esters is 2. The van der Waals surface area contributed by atoms with Crippen LogP contribution in [0.5, 0.6) is 0 Å². The number of aromatic nitrogens is 2. The van der Waals surface area contributed by atoms with Crippen LogP contribution in [0.25, 0.3) is 6.08 Å². The molecule has 2 bridgehead atoms. The molecule has 47 heavy (non-hydrogen) atoms. The Morgan fingerprint density at radius 1 is 1.23 bits per heavy atom. The summed E-state index contributed by atoms with van der Waals surface area (Å²) in [5.41, 5.74) is 1.43. The molecule has 1 fully saturated rings. The normalized spacial score (nSPS) is 37.1. The molecule has 5 rings (SSSR count). The quantitative estimate of drug-likeness (QED) is 0.229. The summed E-state index contributed by atoms with van der Waals surface area (Å²) in [6.07, 6.45) is 10.3. The average Bonchev–Trinajstić information content (AvgIpc) is 3.61. The highest BCUT2D eigenvalue weighted by molar-refractivity contribution is 5.86. The SMILES string of the molecule is CO[C@@]12C=C[C@@](C)(O1)[C@H](OC(=O)C=Cc1cn(C)cn1)CC1C(C)=CC[C@@H](C(C)C)[C@@H]1C=C2CO[C@H]1OC[C@H](O)[C@H](O)[C@H]1OC(C)=O. The molecule has 12 heteroatoms. The number of aliphatic hydroxyl groups is 2. The number of rotatable bonds is 9. The number of ether oxygens (including phenoxy) is 6. The molecule has 2 N–H and O–H groups in total. The maximum absolute atomic E-state index is 13.3. The number of carbonyl (C=O) groups excluding carboxylic acids is 2. The van der Waals surface area contributed by atoms with E-state index in [1.165, 1.54) is 18.6 Å². The fourth-order valence-electron chi connectivity index (χ4n) is 7.17. The van der Waals surface area contributed by atoms with E-state index in [0.29, 0.717) is 23.6 Å². The molecule has 4 aliphatic rings. The van der Waals surface area contributed by atoms with E-state index in [-0.39, 0.29) is 31.0 Å². The van der Waals surface area contributed by atoms with Gasteiger partial charge in [0.25, 0.3) is 0 Å². The zero-order chi connectivity index (χ0) is 34.1. The third-order valence-electron chi connectivity index (χ3n) is 9.88. The van der Waals surface area contributed by atoms with Gasteiger partial charge in [-0.2, -0.15) is 0 Å². The summed E-state index contributed by atoms with van der Waals surface area (Å²) in [7, 11) is 3.40. The number of allylic oxidation sites excluding steroid dienone is 3. The molecule has 3 aliphatic heterocycles. The summed E-state index contributed by atoms with van der Waals surface area (Å²) in [4.78, 5) is 29.4. The first kappa shape index (κ1) is 35.2. The van der Waals surface area contributed by atoms with Gasteiger partial charge in [-0.15, -0.1) is 0 Å². The van der Waals surface area contributed by atoms with Gasteiger partial charge in [0.2, 0.25) is 5.79 Å². The van der Waals surface area contributed by atoms with Crippen LogP contribution in [0.3, 0.4) is 0 Å². The topological polar surface area (TPSA) is 148 Å². The second-order valence-corrected chi connectivity index (χ2v) is 13.6. The molecule has 1 aromatic rings. The van der Waals surface area contributed by atoms with E-state index in [9.17, 15) is 19.8 Å². The van der Waals surface area contributed by atoms with Crippen LogP contribution in [0.1, 0.15) is 53.2 Å². The summed E-state index contributed by atoms with van der Waals surface area (Å²) < 4.78 is 38.1. The van der Waals surface area contributed by atoms with E-state index in [4.69, 9.17) is 28.4 Å². The highest BCUT2D eigenvalue weighted by atomic mass is 16.7. The number of hydrogen-bond donors (Lipinski definition) is 2. The standard InChI is InChI=1S/C35H48N2O10/c1-20(2)25-10-8-21(3)26-15-29(46-30(40)11-9-24-16-37(6)19-36-24)34(5)12-13-35(42-7,47-34)23(14-27(25)26)17-43-33-32(45-22(4)38)31(41)28(39)18-44-33/h8-9,11-14,16,19-20,25-29,31-33,39,41H,10,15,17-18H2,1-7H3/t25-,26?,27-,28-,29+,31-,32+,33-,34+,35-/m0/s1. The highest BCUT2D eigenvalue weighted by Crippen LogP contribution is 2.49. The van der Waals surface area contributed by atoms with Gasteiger partial charge in [-0.1, -0.05) is 31.6 Å². The molecule has 1 saturated heterocycles. The number of aryl methyl sites for hydroxylation is 1. The van der Waals surface area contributed by atoms with Gasteiger partial charge in [0.15, 0.2) is 12.4 Å². The molecule has 4 heterocycles. The molecule has 258 valence electrons. The number of methoxy groups -OCH3 is 1. The molecule has 0 amide bonds. The third-order valence-corrected chi connectivity index (χ3v) is 9.88. The lowest BCUT2D eigenvalue weighted by molar-refractivity contribution is -0.277. The van der Waals surface area contributed by atoms with Gasteiger partial charge in [-0.25, -0.2) is 9.78 Å². The fraction of sp³-hybridized carbons (Fsp3) is 0.629. The number of carbonyl (C=O) groups is 2. The van der Waals surface area contributed by atoms with Crippen LogP contribution in [-0.4, -0.2) is 94.1 Å². The molecular formula is C35H48N2O10. The molecule has 0 radical (unpaired) electrons. The van der Waals surface area contributed by atoms with Crippen LogP contribution < -0.4 is 0 Å². The second kappa shape index (κ2) is 14.2. The van der Waals surface area contributed by atoms with Crippen molar-refractivity contribution in [2.75, 3.05) is 20.3 Å². The first-order chi connectivity index (χ1) is 22.2. The van der Waals surface area contributed by atoms with E-state index in [2.05, 4.69) is 37.9 Å². The van der Waals surface area contributed by atoms with E-state index in [1.807, 2.05) is 26.1 Å². The Labute approximate surface area is 276 Å². The minimum atomic E-state index is -1.39. The van der Waals surface area contributed by atoms with E-state index >= 15 is 0 Å². The highest BCUT2D eigenvalue weighted by Gasteiger charge is 2.54. The first-order valence-corrected chi connectivity index (χ1v) is 16.2. The Kier molecular flexibility index (Phi) is 10.6. The minimum absolute atomic E-state index is 0.0137. The molecule has 0 saturated carbocycles. The molecule has 12 nitrogen and oxygen atoms in total. The second-order valence-electron chi connectivity index (χ2n) is 13.6. The first-order valence-electron chi connectivity index (χ1n) is 16.2. The smallest absolute Gasteiger partial charge is 0.331 e. The van der Waals surface area contributed by atoms with Crippen LogP contribution >= 0.6 is 0 Å². The summed E-state index contributed by atoms with van der Waals surface area (Å²) in [6, 6.07) is 0. The van der Waals surface area contributed by atoms with Crippen LogP contribution in [0, 0.1) is 23.7 Å². The fourth-order valence-corrected chi connectivity index (χ4v) is 7.17. The molecule has 1 aromatic heterocycles. The zero-order valence-electron chi connectivity index (χ0n) is 28.2. The van der Waals surface area contributed by atoms with Crippen LogP contribution in [-0.2, 0) is 45.1 Å². The van der Waals surface area contributed by atoms with Crippen molar-refractivity contribution in [1.29, 1.82) is 0 Å². The van der Waals surface area contributed by atoms with E-state index in [1.54, 1.807) is 30.3 Å². The molecule has 1 unspecified atom stereocenters. The van der Waals surface area contributed by atoms with Gasteiger partial charge >= 0.3 is 11.9 Å². The average molecular weight is 657 g/mol. The predicted octanol–water partition coefficient (Wildman–Crippen LogP) is 3.24. The van der Waals surface area contributed by atoms with Crippen molar-refractivity contribution in [3.8, 4) is 0 Å². The van der Waals surface area contributed by atoms with Crippen molar-refractivity contribution in [3.63, 3.8) is 0 Å². The Morgan fingerprint density at radius 3 is 2.66 bits per heavy atom. The lowest BCUT2D eigenvalue weighted by atomic mass is 9.65. The number of aliphatic hydroxyl groups excluding tert-OH is 2. The van der Waals surface area contributed by atoms with Gasteiger partial charge < -0.3 is 43.2 Å². The monoisotopic (exact) mass is 656 g/mol. The van der Waals surface area contributed by atoms with Gasteiger partial charge in [-0.05, 0) is 68.6 Å². The maximum Gasteiger partial charge on any atom is 0.331 e. The van der Waals surface area contributed by atoms with Crippen molar-refractivity contribution in [3.05, 3.63) is 59.7 Å². The molecule has 1 aliphatic carbocycles. The van der Waals surface area contributed by atoms with Crippen LogP contribution in [0.4, 0.5) is 0 Å². The summed E-state index contributed by atoms with van der Waals surface area (Å²) in [6.45, 7) is 9.36. The summed E-state index contributed by atoms with van der Waals surface area (Å²) >= 11 is 0.